The van der Waals surface area contributed by atoms with Crippen molar-refractivity contribution < 1.29 is 0 Å². The van der Waals surface area contributed by atoms with E-state index in [1.165, 1.54) is 6.07 Å². The minimum Gasteiger partial charge on any atom is -0.369 e. The third-order valence-corrected chi connectivity index (χ3v) is 1.26. The molecular formula is C6H9N3O. The predicted molar refractivity (Wildman–Crippen MR) is 38.6 cm³/mol. The Morgan fingerprint density at radius 2 is 2.50 bits per heavy atom. The van der Waals surface area contributed by atoms with Crippen LogP contribution in [0.15, 0.2) is 17.1 Å². The molecule has 1 rings (SSSR count). The van der Waals surface area contributed by atoms with Crippen LogP contribution in [0.5, 0.6) is 0 Å². The second-order valence-electron chi connectivity index (χ2n) is 1.91. The number of aromatic nitrogens is 2. The number of nitrogens with two attached hydrogens (primary N) is 1. The van der Waals surface area contributed by atoms with Gasteiger partial charge in [0.1, 0.15) is 0 Å². The molecule has 0 amide bonds. The molecule has 0 aliphatic rings. The lowest BCUT2D eigenvalue weighted by Gasteiger charge is -2.02. The molecule has 4 heteroatoms. The smallest absolute Gasteiger partial charge is 0.274 e. The summed E-state index contributed by atoms with van der Waals surface area (Å²) in [5, 5.41) is 0. The van der Waals surface area contributed by atoms with Gasteiger partial charge in [0.25, 0.3) is 5.56 Å². The fourth-order valence-corrected chi connectivity index (χ4v) is 0.712. The minimum absolute atomic E-state index is 0.273. The predicted octanol–water partition coefficient (Wildman–Crippen LogP) is -0.155. The van der Waals surface area contributed by atoms with Crippen LogP contribution in [-0.4, -0.2) is 9.55 Å². The van der Waals surface area contributed by atoms with E-state index in [0.717, 1.165) is 6.54 Å². The van der Waals surface area contributed by atoms with E-state index in [4.69, 9.17) is 5.73 Å². The van der Waals surface area contributed by atoms with E-state index in [2.05, 4.69) is 4.98 Å². The molecule has 4 nitrogen and oxygen atoms in total. The molecule has 0 aliphatic heterocycles. The molecule has 0 aromatic carbocycles. The zero-order valence-corrected chi connectivity index (χ0v) is 5.74. The molecule has 2 N–H and O–H groups in total. The highest BCUT2D eigenvalue weighted by atomic mass is 16.1. The van der Waals surface area contributed by atoms with Crippen molar-refractivity contribution >= 4 is 5.95 Å². The van der Waals surface area contributed by atoms with Crippen molar-refractivity contribution in [1.82, 2.24) is 9.55 Å². The lowest BCUT2D eigenvalue weighted by atomic mass is 10.6. The van der Waals surface area contributed by atoms with Crippen LogP contribution in [0.3, 0.4) is 0 Å². The summed E-state index contributed by atoms with van der Waals surface area (Å²) in [4.78, 5) is 14.1. The number of hydrogen-bond donors (Lipinski definition) is 1. The average Bonchev–Trinajstić information content (AvgIpc) is 1.88. The quantitative estimate of drug-likeness (QED) is 0.588. The summed E-state index contributed by atoms with van der Waals surface area (Å²) in [5.74, 6) is 0.273. The van der Waals surface area contributed by atoms with Crippen LogP contribution < -0.4 is 11.3 Å². The number of anilines is 1. The zero-order chi connectivity index (χ0) is 7.56. The molecule has 0 radical (unpaired) electrons. The van der Waals surface area contributed by atoms with Crippen molar-refractivity contribution in [2.45, 2.75) is 13.5 Å². The summed E-state index contributed by atoms with van der Waals surface area (Å²) in [6, 6.07) is 1.39. The molecule has 0 unspecified atom stereocenters. The summed E-state index contributed by atoms with van der Waals surface area (Å²) >= 11 is 0. The van der Waals surface area contributed by atoms with Crippen molar-refractivity contribution in [3.63, 3.8) is 0 Å². The van der Waals surface area contributed by atoms with Crippen LogP contribution in [0.4, 0.5) is 5.95 Å². The zero-order valence-electron chi connectivity index (χ0n) is 5.74. The van der Waals surface area contributed by atoms with Gasteiger partial charge in [-0.15, -0.1) is 0 Å². The molecule has 1 aromatic heterocycles. The van der Waals surface area contributed by atoms with Crippen LogP contribution in [0.25, 0.3) is 0 Å². The van der Waals surface area contributed by atoms with Gasteiger partial charge in [0.2, 0.25) is 5.95 Å². The van der Waals surface area contributed by atoms with E-state index in [-0.39, 0.29) is 11.5 Å². The molecule has 0 aliphatic carbocycles. The number of nitrogen functional groups attached to an aromatic ring is 1. The molecule has 0 spiro atoms. The molecular weight excluding hydrogens is 130 g/mol. The molecule has 10 heavy (non-hydrogen) atoms. The van der Waals surface area contributed by atoms with Gasteiger partial charge in [-0.25, -0.2) is 0 Å². The van der Waals surface area contributed by atoms with Crippen LogP contribution in [0.1, 0.15) is 6.92 Å². The van der Waals surface area contributed by atoms with Gasteiger partial charge in [-0.05, 0) is 6.92 Å². The fraction of sp³-hybridized carbons (Fsp3) is 0.333. The number of rotatable bonds is 1. The van der Waals surface area contributed by atoms with Gasteiger partial charge < -0.3 is 10.3 Å². The van der Waals surface area contributed by atoms with E-state index in [1.54, 1.807) is 10.8 Å². The SMILES string of the molecule is CCn1ccc(=O)nc1N. The minimum atomic E-state index is -0.290. The highest BCUT2D eigenvalue weighted by Crippen LogP contribution is 1.91. The van der Waals surface area contributed by atoms with Crippen LogP contribution >= 0.6 is 0 Å². The van der Waals surface area contributed by atoms with Crippen LogP contribution in [0.2, 0.25) is 0 Å². The number of aryl methyl sites for hydroxylation is 1. The molecule has 0 fully saturated rings. The second kappa shape index (κ2) is 2.51. The monoisotopic (exact) mass is 139 g/mol. The highest BCUT2D eigenvalue weighted by molar-refractivity contribution is 5.15. The Balaban J connectivity index is 3.19. The Morgan fingerprint density at radius 1 is 1.80 bits per heavy atom. The lowest BCUT2D eigenvalue weighted by Crippen LogP contribution is -2.14. The molecule has 0 saturated heterocycles. The first-order chi connectivity index (χ1) is 4.74. The molecule has 1 aromatic rings. The summed E-state index contributed by atoms with van der Waals surface area (Å²) in [5.41, 5.74) is 5.09. The molecule has 54 valence electrons. The maximum Gasteiger partial charge on any atom is 0.274 e. The Kier molecular flexibility index (Phi) is 1.71. The van der Waals surface area contributed by atoms with Gasteiger partial charge in [0.05, 0.1) is 0 Å². The van der Waals surface area contributed by atoms with Gasteiger partial charge in [0, 0.05) is 18.8 Å². The van der Waals surface area contributed by atoms with Crippen molar-refractivity contribution in [3.05, 3.63) is 22.6 Å². The van der Waals surface area contributed by atoms with Crippen LogP contribution in [0, 0.1) is 0 Å². The van der Waals surface area contributed by atoms with Crippen molar-refractivity contribution in [2.75, 3.05) is 5.73 Å². The van der Waals surface area contributed by atoms with Gasteiger partial charge in [-0.1, -0.05) is 0 Å². The first kappa shape index (κ1) is 6.80. The summed E-state index contributed by atoms with van der Waals surface area (Å²) in [6.45, 7) is 2.67. The van der Waals surface area contributed by atoms with Crippen LogP contribution in [-0.2, 0) is 6.54 Å². The van der Waals surface area contributed by atoms with E-state index >= 15 is 0 Å². The van der Waals surface area contributed by atoms with Crippen molar-refractivity contribution in [3.8, 4) is 0 Å². The highest BCUT2D eigenvalue weighted by Gasteiger charge is 1.92. The lowest BCUT2D eigenvalue weighted by molar-refractivity contribution is 0.745. The molecule has 1 heterocycles. The second-order valence-corrected chi connectivity index (χ2v) is 1.91. The van der Waals surface area contributed by atoms with Gasteiger partial charge in [0.15, 0.2) is 0 Å². The number of hydrogen-bond acceptors (Lipinski definition) is 3. The first-order valence-corrected chi connectivity index (χ1v) is 3.07. The fourth-order valence-electron chi connectivity index (χ4n) is 0.712. The molecule has 0 atom stereocenters. The van der Waals surface area contributed by atoms with E-state index in [0.29, 0.717) is 0 Å². The average molecular weight is 139 g/mol. The number of nitrogens with zero attached hydrogens (tertiary/aromatic N) is 2. The third-order valence-electron chi connectivity index (χ3n) is 1.26. The maximum absolute atomic E-state index is 10.6. The van der Waals surface area contributed by atoms with E-state index < -0.39 is 0 Å². The Hall–Kier alpha value is -1.32. The summed E-state index contributed by atoms with van der Waals surface area (Å²) < 4.78 is 1.70. The Morgan fingerprint density at radius 3 is 3.00 bits per heavy atom. The summed E-state index contributed by atoms with van der Waals surface area (Å²) in [7, 11) is 0. The first-order valence-electron chi connectivity index (χ1n) is 3.07. The van der Waals surface area contributed by atoms with Gasteiger partial charge >= 0.3 is 0 Å². The molecule has 0 bridgehead atoms. The van der Waals surface area contributed by atoms with Crippen molar-refractivity contribution in [2.24, 2.45) is 0 Å². The Labute approximate surface area is 58.3 Å². The van der Waals surface area contributed by atoms with E-state index in [1.807, 2.05) is 6.92 Å². The Bertz CT molecular complexity index is 279. The maximum atomic E-state index is 10.6. The van der Waals surface area contributed by atoms with E-state index in [9.17, 15) is 4.79 Å². The van der Waals surface area contributed by atoms with Crippen molar-refractivity contribution in [1.29, 1.82) is 0 Å². The summed E-state index contributed by atoms with van der Waals surface area (Å²) in [6.07, 6.45) is 1.63. The molecule has 0 saturated carbocycles. The van der Waals surface area contributed by atoms with Gasteiger partial charge in [-0.3, -0.25) is 4.79 Å². The topological polar surface area (TPSA) is 60.9 Å². The third kappa shape index (κ3) is 1.15. The van der Waals surface area contributed by atoms with Gasteiger partial charge in [-0.2, -0.15) is 4.98 Å². The standard InChI is InChI=1S/C6H9N3O/c1-2-9-4-3-5(10)8-6(9)7/h3-4H,2H2,1H3,(H2,7,8,10). The normalized spacial score (nSPS) is 9.70. The largest absolute Gasteiger partial charge is 0.369 e.